The van der Waals surface area contributed by atoms with E-state index in [4.69, 9.17) is 18.9 Å². The van der Waals surface area contributed by atoms with E-state index in [0.29, 0.717) is 6.42 Å². The molecule has 0 saturated carbocycles. The van der Waals surface area contributed by atoms with Crippen LogP contribution >= 0.6 is 0 Å². The van der Waals surface area contributed by atoms with Gasteiger partial charge in [0.15, 0.2) is 12.6 Å². The lowest BCUT2D eigenvalue weighted by Crippen LogP contribution is -2.65. The highest BCUT2D eigenvalue weighted by molar-refractivity contribution is 5.68. The van der Waals surface area contributed by atoms with E-state index in [1.165, 1.54) is 7.11 Å². The normalized spacial score (nSPS) is 33.3. The number of rotatable bonds is 22. The van der Waals surface area contributed by atoms with Crippen LogP contribution in [0.25, 0.3) is 0 Å². The molecule has 0 aromatic carbocycles. The van der Waals surface area contributed by atoms with E-state index in [0.717, 1.165) is 89.9 Å². The summed E-state index contributed by atoms with van der Waals surface area (Å²) in [4.78, 5) is 11.2. The molecular formula is C31H58O13. The molecule has 7 N–H and O–H groups in total. The first kappa shape index (κ1) is 39.2. The van der Waals surface area contributed by atoms with E-state index in [1.807, 2.05) is 0 Å². The average molecular weight is 639 g/mol. The summed E-state index contributed by atoms with van der Waals surface area (Å²) in [6.45, 7) is 0.902. The fourth-order valence-electron chi connectivity index (χ4n) is 5.72. The van der Waals surface area contributed by atoms with Gasteiger partial charge in [-0.2, -0.15) is 0 Å². The molecule has 13 nitrogen and oxygen atoms in total. The van der Waals surface area contributed by atoms with Gasteiger partial charge in [-0.05, 0) is 19.3 Å². The number of hydrogen-bond acceptors (Lipinski definition) is 13. The average Bonchev–Trinajstić information content (AvgIpc) is 3.02. The van der Waals surface area contributed by atoms with Crippen molar-refractivity contribution in [3.8, 4) is 0 Å². The molecule has 44 heavy (non-hydrogen) atoms. The van der Waals surface area contributed by atoms with Crippen molar-refractivity contribution in [2.45, 2.75) is 171 Å². The van der Waals surface area contributed by atoms with Crippen molar-refractivity contribution in [2.24, 2.45) is 0 Å². The number of unbranched alkanes of at least 4 members (excludes halogenated alkanes) is 10. The molecule has 11 atom stereocenters. The minimum Gasteiger partial charge on any atom is -0.469 e. The molecule has 2 aliphatic rings. The van der Waals surface area contributed by atoms with Crippen LogP contribution in [0.3, 0.4) is 0 Å². The Morgan fingerprint density at radius 1 is 0.659 bits per heavy atom. The maximum atomic E-state index is 11.2. The Morgan fingerprint density at radius 3 is 1.70 bits per heavy atom. The first-order chi connectivity index (χ1) is 21.2. The van der Waals surface area contributed by atoms with Crippen molar-refractivity contribution < 1.29 is 64.2 Å². The SMILES string of the molecule is CCCCCCC(CCCCCCCCCCC(=O)OC)O[C@@H]1O[C@H](CO)[C@@H](O)[C@H](O)[C@@H]1O[C@@H]1O[C@H](CO)[C@@H](O)[C@H](O)[C@@H]1O. The Labute approximate surface area is 261 Å². The molecule has 2 saturated heterocycles. The second-order valence-electron chi connectivity index (χ2n) is 12.1. The molecule has 0 amide bonds. The van der Waals surface area contributed by atoms with Gasteiger partial charge in [-0.1, -0.05) is 77.6 Å². The van der Waals surface area contributed by atoms with Crippen LogP contribution < -0.4 is 0 Å². The number of methoxy groups -OCH3 is 1. The fourth-order valence-corrected chi connectivity index (χ4v) is 5.72. The quantitative estimate of drug-likeness (QED) is 0.0655. The number of esters is 1. The van der Waals surface area contributed by atoms with E-state index in [1.54, 1.807) is 0 Å². The first-order valence-corrected chi connectivity index (χ1v) is 16.5. The van der Waals surface area contributed by atoms with Crippen LogP contribution in [-0.4, -0.2) is 130 Å². The van der Waals surface area contributed by atoms with Crippen molar-refractivity contribution >= 4 is 5.97 Å². The summed E-state index contributed by atoms with van der Waals surface area (Å²) in [7, 11) is 1.40. The van der Waals surface area contributed by atoms with Gasteiger partial charge in [0.2, 0.25) is 0 Å². The fraction of sp³-hybridized carbons (Fsp3) is 0.968. The minimum absolute atomic E-state index is 0.167. The van der Waals surface area contributed by atoms with Crippen molar-refractivity contribution in [1.82, 2.24) is 0 Å². The maximum absolute atomic E-state index is 11.2. The molecule has 260 valence electrons. The predicted octanol–water partition coefficient (Wildman–Crippen LogP) is 1.04. The summed E-state index contributed by atoms with van der Waals surface area (Å²) in [5, 5.41) is 71.6. The Balaban J connectivity index is 1.98. The third kappa shape index (κ3) is 12.7. The van der Waals surface area contributed by atoms with E-state index in [-0.39, 0.29) is 12.1 Å². The molecule has 2 aliphatic heterocycles. The van der Waals surface area contributed by atoms with Crippen molar-refractivity contribution in [2.75, 3.05) is 20.3 Å². The van der Waals surface area contributed by atoms with Crippen molar-refractivity contribution in [3.63, 3.8) is 0 Å². The van der Waals surface area contributed by atoms with Crippen LogP contribution in [0.15, 0.2) is 0 Å². The van der Waals surface area contributed by atoms with Crippen LogP contribution in [0.5, 0.6) is 0 Å². The number of aliphatic hydroxyl groups is 7. The maximum Gasteiger partial charge on any atom is 0.305 e. The van der Waals surface area contributed by atoms with Gasteiger partial charge >= 0.3 is 5.97 Å². The zero-order chi connectivity index (χ0) is 32.5. The molecular weight excluding hydrogens is 580 g/mol. The molecule has 0 bridgehead atoms. The molecule has 1 unspecified atom stereocenters. The highest BCUT2D eigenvalue weighted by Gasteiger charge is 2.51. The molecule has 2 heterocycles. The largest absolute Gasteiger partial charge is 0.469 e. The Hall–Kier alpha value is -0.970. The second kappa shape index (κ2) is 21.8. The van der Waals surface area contributed by atoms with Gasteiger partial charge < -0.3 is 59.4 Å². The Kier molecular flexibility index (Phi) is 19.4. The zero-order valence-electron chi connectivity index (χ0n) is 26.5. The monoisotopic (exact) mass is 638 g/mol. The number of aliphatic hydroxyl groups excluding tert-OH is 7. The summed E-state index contributed by atoms with van der Waals surface area (Å²) < 4.78 is 28.1. The van der Waals surface area contributed by atoms with Gasteiger partial charge in [-0.25, -0.2) is 0 Å². The van der Waals surface area contributed by atoms with Crippen LogP contribution in [0, 0.1) is 0 Å². The standard InChI is InChI=1S/C31H58O13/c1-3-4-5-12-15-20(16-13-10-8-6-7-9-11-14-17-23(34)40-2)41-31-29(27(38)25(36)22(19-33)43-31)44-30-28(39)26(37)24(35)21(18-32)42-30/h20-22,24-33,35-39H,3-19H2,1-2H3/t20?,21-,22-,24-,25-,26+,27+,28+,29+,30+,31-/m1/s1. The number of carbonyl (C=O) groups excluding carboxylic acids is 1. The van der Waals surface area contributed by atoms with Crippen LogP contribution in [0.2, 0.25) is 0 Å². The van der Waals surface area contributed by atoms with Gasteiger partial charge in [0.05, 0.1) is 26.4 Å². The molecule has 0 aromatic rings. The van der Waals surface area contributed by atoms with Crippen molar-refractivity contribution in [3.05, 3.63) is 0 Å². The smallest absolute Gasteiger partial charge is 0.305 e. The number of carbonyl (C=O) groups is 1. The zero-order valence-corrected chi connectivity index (χ0v) is 26.5. The molecule has 2 rings (SSSR count). The summed E-state index contributed by atoms with van der Waals surface area (Å²) in [5.74, 6) is -0.167. The molecule has 0 aliphatic carbocycles. The van der Waals surface area contributed by atoms with Gasteiger partial charge in [-0.3, -0.25) is 4.79 Å². The van der Waals surface area contributed by atoms with Crippen molar-refractivity contribution in [1.29, 1.82) is 0 Å². The van der Waals surface area contributed by atoms with Gasteiger partial charge in [0, 0.05) is 6.42 Å². The topological polar surface area (TPSA) is 205 Å². The van der Waals surface area contributed by atoms with Gasteiger partial charge in [0.25, 0.3) is 0 Å². The second-order valence-corrected chi connectivity index (χ2v) is 12.1. The third-order valence-electron chi connectivity index (χ3n) is 8.56. The Morgan fingerprint density at radius 2 is 1.16 bits per heavy atom. The summed E-state index contributed by atoms with van der Waals surface area (Å²) >= 11 is 0. The van der Waals surface area contributed by atoms with E-state index < -0.39 is 74.6 Å². The van der Waals surface area contributed by atoms with Crippen LogP contribution in [-0.2, 0) is 28.5 Å². The molecule has 0 radical (unpaired) electrons. The first-order valence-electron chi connectivity index (χ1n) is 16.5. The molecule has 2 fully saturated rings. The third-order valence-corrected chi connectivity index (χ3v) is 8.56. The highest BCUT2D eigenvalue weighted by Crippen LogP contribution is 2.31. The molecule has 13 heteroatoms. The minimum atomic E-state index is -1.72. The lowest BCUT2D eigenvalue weighted by atomic mass is 9.97. The number of hydrogen-bond donors (Lipinski definition) is 7. The van der Waals surface area contributed by atoms with E-state index in [9.17, 15) is 40.5 Å². The Bertz CT molecular complexity index is 756. The molecule has 0 spiro atoms. The highest BCUT2D eigenvalue weighted by atomic mass is 16.8. The van der Waals surface area contributed by atoms with Gasteiger partial charge in [-0.15, -0.1) is 0 Å². The van der Waals surface area contributed by atoms with Crippen LogP contribution in [0.1, 0.15) is 103 Å². The van der Waals surface area contributed by atoms with E-state index in [2.05, 4.69) is 11.7 Å². The van der Waals surface area contributed by atoms with Crippen LogP contribution in [0.4, 0.5) is 0 Å². The summed E-state index contributed by atoms with van der Waals surface area (Å²) in [6.07, 6.45) is -0.759. The lowest BCUT2D eigenvalue weighted by molar-refractivity contribution is -0.372. The molecule has 0 aromatic heterocycles. The summed E-state index contributed by atoms with van der Waals surface area (Å²) in [5.41, 5.74) is 0. The predicted molar refractivity (Wildman–Crippen MR) is 158 cm³/mol. The number of ether oxygens (including phenoxy) is 5. The summed E-state index contributed by atoms with van der Waals surface area (Å²) in [6, 6.07) is 0. The van der Waals surface area contributed by atoms with E-state index >= 15 is 0 Å². The lowest BCUT2D eigenvalue weighted by Gasteiger charge is -2.46. The van der Waals surface area contributed by atoms with Gasteiger partial charge in [0.1, 0.15) is 48.8 Å².